The molecule has 0 spiro atoms. The Balaban J connectivity index is 2.21. The number of sulfonamides is 1. The van der Waals surface area contributed by atoms with Crippen molar-refractivity contribution in [2.24, 2.45) is 0 Å². The maximum absolute atomic E-state index is 12.9. The highest BCUT2D eigenvalue weighted by molar-refractivity contribution is 7.89. The first-order valence-electron chi connectivity index (χ1n) is 8.99. The number of ether oxygens (including phenoxy) is 1. The highest BCUT2D eigenvalue weighted by Gasteiger charge is 2.26. The number of rotatable bonds is 8. The van der Waals surface area contributed by atoms with Gasteiger partial charge in [0.15, 0.2) is 6.61 Å². The summed E-state index contributed by atoms with van der Waals surface area (Å²) in [5.41, 5.74) is 2.72. The molecule has 0 saturated carbocycles. The van der Waals surface area contributed by atoms with E-state index in [4.69, 9.17) is 16.3 Å². The van der Waals surface area contributed by atoms with Crippen LogP contribution in [0, 0.1) is 13.8 Å². The van der Waals surface area contributed by atoms with Crippen molar-refractivity contribution in [3.8, 4) is 5.75 Å². The van der Waals surface area contributed by atoms with Crippen LogP contribution in [0.4, 0.5) is 5.69 Å². The van der Waals surface area contributed by atoms with E-state index in [2.05, 4.69) is 5.32 Å². The van der Waals surface area contributed by atoms with Gasteiger partial charge in [0.2, 0.25) is 10.0 Å². The molecule has 2 aromatic carbocycles. The lowest BCUT2D eigenvalue weighted by Gasteiger charge is -2.20. The summed E-state index contributed by atoms with van der Waals surface area (Å²) in [5.74, 6) is -0.290. The average Bonchev–Trinajstić information content (AvgIpc) is 2.65. The Kier molecular flexibility index (Phi) is 7.46. The van der Waals surface area contributed by atoms with Crippen molar-refractivity contribution in [1.82, 2.24) is 4.31 Å². The SMILES string of the molecule is CCN(CC)S(=O)(=O)c1cc(Cl)ccc1OCC(=O)Nc1cccc(C)c1C. The number of anilines is 1. The zero-order valence-electron chi connectivity index (χ0n) is 16.5. The Hall–Kier alpha value is -2.09. The lowest BCUT2D eigenvalue weighted by Crippen LogP contribution is -2.31. The first kappa shape index (κ1) is 22.2. The van der Waals surface area contributed by atoms with Crippen LogP contribution in [0.25, 0.3) is 0 Å². The topological polar surface area (TPSA) is 75.7 Å². The number of amides is 1. The van der Waals surface area contributed by atoms with E-state index in [1.807, 2.05) is 26.0 Å². The number of benzene rings is 2. The highest BCUT2D eigenvalue weighted by Crippen LogP contribution is 2.30. The number of hydrogen-bond acceptors (Lipinski definition) is 4. The predicted octanol–water partition coefficient (Wildman–Crippen LogP) is 4.00. The third kappa shape index (κ3) is 5.04. The van der Waals surface area contributed by atoms with Crippen molar-refractivity contribution in [1.29, 1.82) is 0 Å². The maximum Gasteiger partial charge on any atom is 0.262 e. The zero-order valence-corrected chi connectivity index (χ0v) is 18.0. The van der Waals surface area contributed by atoms with Gasteiger partial charge in [-0.1, -0.05) is 37.6 Å². The van der Waals surface area contributed by atoms with E-state index in [0.29, 0.717) is 18.8 Å². The molecule has 0 radical (unpaired) electrons. The minimum Gasteiger partial charge on any atom is -0.482 e. The largest absolute Gasteiger partial charge is 0.482 e. The third-order valence-electron chi connectivity index (χ3n) is 4.47. The van der Waals surface area contributed by atoms with E-state index in [0.717, 1.165) is 11.1 Å². The maximum atomic E-state index is 12.9. The Bertz CT molecular complexity index is 957. The molecule has 28 heavy (non-hydrogen) atoms. The van der Waals surface area contributed by atoms with E-state index in [-0.39, 0.29) is 28.2 Å². The molecule has 0 aliphatic rings. The summed E-state index contributed by atoms with van der Waals surface area (Å²) in [6.45, 7) is 7.69. The molecule has 6 nitrogen and oxygen atoms in total. The van der Waals surface area contributed by atoms with Crippen molar-refractivity contribution >= 4 is 33.2 Å². The molecule has 1 N–H and O–H groups in total. The zero-order chi connectivity index (χ0) is 20.9. The molecule has 0 atom stereocenters. The lowest BCUT2D eigenvalue weighted by atomic mass is 10.1. The summed E-state index contributed by atoms with van der Waals surface area (Å²) in [6.07, 6.45) is 0. The number of carbonyl (C=O) groups excluding carboxylic acids is 1. The number of nitrogens with zero attached hydrogens (tertiary/aromatic N) is 1. The predicted molar refractivity (Wildman–Crippen MR) is 112 cm³/mol. The molecule has 0 heterocycles. The van der Waals surface area contributed by atoms with Crippen LogP contribution in [0.3, 0.4) is 0 Å². The number of nitrogens with one attached hydrogen (secondary N) is 1. The normalized spacial score (nSPS) is 11.5. The van der Waals surface area contributed by atoms with Crippen molar-refractivity contribution in [3.05, 3.63) is 52.5 Å². The fourth-order valence-electron chi connectivity index (χ4n) is 2.72. The van der Waals surface area contributed by atoms with E-state index >= 15 is 0 Å². The van der Waals surface area contributed by atoms with Gasteiger partial charge in [-0.05, 0) is 49.2 Å². The smallest absolute Gasteiger partial charge is 0.262 e. The van der Waals surface area contributed by atoms with Crippen molar-refractivity contribution < 1.29 is 17.9 Å². The number of carbonyl (C=O) groups is 1. The molecule has 2 rings (SSSR count). The molecule has 0 bridgehead atoms. The summed E-state index contributed by atoms with van der Waals surface area (Å²) >= 11 is 6.00. The molecule has 1 amide bonds. The molecule has 2 aromatic rings. The second kappa shape index (κ2) is 9.41. The van der Waals surface area contributed by atoms with Crippen LogP contribution in [0.2, 0.25) is 5.02 Å². The van der Waals surface area contributed by atoms with Crippen molar-refractivity contribution in [2.45, 2.75) is 32.6 Å². The summed E-state index contributed by atoms with van der Waals surface area (Å²) in [4.78, 5) is 12.2. The molecule has 0 unspecified atom stereocenters. The van der Waals surface area contributed by atoms with Crippen LogP contribution in [-0.2, 0) is 14.8 Å². The van der Waals surface area contributed by atoms with Gasteiger partial charge in [-0.2, -0.15) is 4.31 Å². The van der Waals surface area contributed by atoms with Gasteiger partial charge in [-0.25, -0.2) is 8.42 Å². The van der Waals surface area contributed by atoms with Crippen LogP contribution in [-0.4, -0.2) is 38.3 Å². The lowest BCUT2D eigenvalue weighted by molar-refractivity contribution is -0.118. The van der Waals surface area contributed by atoms with Gasteiger partial charge in [0.05, 0.1) is 0 Å². The first-order valence-corrected chi connectivity index (χ1v) is 10.8. The molecular formula is C20H25ClN2O4S. The van der Waals surface area contributed by atoms with Gasteiger partial charge in [-0.15, -0.1) is 0 Å². The molecule has 0 fully saturated rings. The van der Waals surface area contributed by atoms with Crippen molar-refractivity contribution in [2.75, 3.05) is 25.0 Å². The minimum absolute atomic E-state index is 0.0526. The quantitative estimate of drug-likeness (QED) is 0.694. The summed E-state index contributed by atoms with van der Waals surface area (Å²) in [7, 11) is -3.78. The fraction of sp³-hybridized carbons (Fsp3) is 0.350. The van der Waals surface area contributed by atoms with Gasteiger partial charge < -0.3 is 10.1 Å². The molecule has 0 aliphatic carbocycles. The van der Waals surface area contributed by atoms with Crippen molar-refractivity contribution in [3.63, 3.8) is 0 Å². The standard InChI is InChI=1S/C20H25ClN2O4S/c1-5-23(6-2)28(25,26)19-12-16(21)10-11-18(19)27-13-20(24)22-17-9-7-8-14(3)15(17)4/h7-12H,5-6,13H2,1-4H3,(H,22,24). The van der Waals surface area contributed by atoms with Gasteiger partial charge in [0.25, 0.3) is 5.91 Å². The molecule has 152 valence electrons. The Morgan fingerprint density at radius 2 is 1.82 bits per heavy atom. The van der Waals surface area contributed by atoms with Gasteiger partial charge >= 0.3 is 0 Å². The van der Waals surface area contributed by atoms with Gasteiger partial charge in [0.1, 0.15) is 10.6 Å². The van der Waals surface area contributed by atoms with Gasteiger partial charge in [-0.3, -0.25) is 4.79 Å². The van der Waals surface area contributed by atoms with Crippen LogP contribution < -0.4 is 10.1 Å². The van der Waals surface area contributed by atoms with Crippen LogP contribution in [0.5, 0.6) is 5.75 Å². The van der Waals surface area contributed by atoms with Crippen LogP contribution >= 0.6 is 11.6 Å². The van der Waals surface area contributed by atoms with E-state index < -0.39 is 10.0 Å². The number of aryl methyl sites for hydroxylation is 1. The Morgan fingerprint density at radius 1 is 1.14 bits per heavy atom. The summed E-state index contributed by atoms with van der Waals surface area (Å²) < 4.78 is 32.6. The van der Waals surface area contributed by atoms with Crippen LogP contribution in [0.15, 0.2) is 41.3 Å². The second-order valence-electron chi connectivity index (χ2n) is 6.26. The highest BCUT2D eigenvalue weighted by atomic mass is 35.5. The first-order chi connectivity index (χ1) is 13.2. The molecule has 0 aromatic heterocycles. The minimum atomic E-state index is -3.78. The average molecular weight is 425 g/mol. The molecular weight excluding hydrogens is 400 g/mol. The second-order valence-corrected chi connectivity index (χ2v) is 8.61. The monoisotopic (exact) mass is 424 g/mol. The van der Waals surface area contributed by atoms with E-state index in [1.165, 1.54) is 22.5 Å². The summed E-state index contributed by atoms with van der Waals surface area (Å²) in [6, 6.07) is 9.95. The fourth-order valence-corrected chi connectivity index (χ4v) is 4.57. The number of hydrogen-bond donors (Lipinski definition) is 1. The van der Waals surface area contributed by atoms with E-state index in [1.54, 1.807) is 19.9 Å². The Morgan fingerprint density at radius 3 is 2.46 bits per heavy atom. The molecule has 0 aliphatic heterocycles. The van der Waals surface area contributed by atoms with Crippen LogP contribution in [0.1, 0.15) is 25.0 Å². The molecule has 8 heteroatoms. The Labute approximate surface area is 171 Å². The van der Waals surface area contributed by atoms with Gasteiger partial charge in [0, 0.05) is 23.8 Å². The molecule has 0 saturated heterocycles. The van der Waals surface area contributed by atoms with E-state index in [9.17, 15) is 13.2 Å². The summed E-state index contributed by atoms with van der Waals surface area (Å²) in [5, 5.41) is 3.06. The third-order valence-corrected chi connectivity index (χ3v) is 6.77. The number of halogens is 1.